The molecule has 0 aliphatic carbocycles. The zero-order valence-electron chi connectivity index (χ0n) is 15.4. The van der Waals surface area contributed by atoms with Crippen molar-refractivity contribution in [2.24, 2.45) is 0 Å². The Bertz CT molecular complexity index is 1170. The second kappa shape index (κ2) is 7.56. The summed E-state index contributed by atoms with van der Waals surface area (Å²) in [6, 6.07) is 6.90. The highest BCUT2D eigenvalue weighted by molar-refractivity contribution is 7.93. The van der Waals surface area contributed by atoms with Gasteiger partial charge in [-0.05, 0) is 38.0 Å². The lowest BCUT2D eigenvalue weighted by Gasteiger charge is -2.10. The van der Waals surface area contributed by atoms with Crippen LogP contribution in [0.3, 0.4) is 0 Å². The summed E-state index contributed by atoms with van der Waals surface area (Å²) < 4.78 is 46.6. The number of nitrogens with one attached hydrogen (secondary N) is 1. The van der Waals surface area contributed by atoms with Crippen LogP contribution in [0, 0.1) is 12.7 Å². The van der Waals surface area contributed by atoms with Gasteiger partial charge in [0.2, 0.25) is 5.82 Å². The summed E-state index contributed by atoms with van der Waals surface area (Å²) >= 11 is 1.14. The summed E-state index contributed by atoms with van der Waals surface area (Å²) in [5, 5.41) is 3.82. The van der Waals surface area contributed by atoms with E-state index in [0.29, 0.717) is 22.8 Å². The summed E-state index contributed by atoms with van der Waals surface area (Å²) in [4.78, 5) is 19.0. The average Bonchev–Trinajstić information content (AvgIpc) is 3.43. The van der Waals surface area contributed by atoms with Gasteiger partial charge in [-0.3, -0.25) is 9.52 Å². The minimum absolute atomic E-state index is 0.0158. The van der Waals surface area contributed by atoms with Crippen LogP contribution in [-0.2, 0) is 10.0 Å². The molecule has 1 aliphatic heterocycles. The lowest BCUT2D eigenvalue weighted by Crippen LogP contribution is -2.27. The fourth-order valence-corrected chi connectivity index (χ4v) is 5.64. The standard InChI is InChI=1S/C18H17FN4O4S2/c1-11-15(29(25,26)22-13-7-3-2-6-12(13)19)10-14(28-11)16-20-17(27-21-16)18(24)23-8-4-5-9-23/h2-3,6-7,10,22H,4-5,8-9H2,1H3. The third-order valence-electron chi connectivity index (χ3n) is 4.50. The van der Waals surface area contributed by atoms with Gasteiger partial charge >= 0.3 is 11.8 Å². The molecular weight excluding hydrogens is 419 g/mol. The van der Waals surface area contributed by atoms with Crippen LogP contribution in [0.15, 0.2) is 39.8 Å². The van der Waals surface area contributed by atoms with Crippen molar-refractivity contribution in [1.82, 2.24) is 15.0 Å². The second-order valence-electron chi connectivity index (χ2n) is 6.54. The zero-order chi connectivity index (χ0) is 20.6. The molecule has 1 amide bonds. The van der Waals surface area contributed by atoms with E-state index in [9.17, 15) is 17.6 Å². The van der Waals surface area contributed by atoms with Crippen LogP contribution >= 0.6 is 11.3 Å². The number of rotatable bonds is 5. The summed E-state index contributed by atoms with van der Waals surface area (Å²) in [7, 11) is -4.02. The number of carbonyl (C=O) groups is 1. The van der Waals surface area contributed by atoms with Crippen LogP contribution in [0.5, 0.6) is 0 Å². The molecule has 1 fully saturated rings. The first-order chi connectivity index (χ1) is 13.8. The Morgan fingerprint density at radius 2 is 2.00 bits per heavy atom. The number of hydrogen-bond acceptors (Lipinski definition) is 7. The monoisotopic (exact) mass is 436 g/mol. The highest BCUT2D eigenvalue weighted by Gasteiger charge is 2.27. The highest BCUT2D eigenvalue weighted by Crippen LogP contribution is 2.33. The maximum atomic E-state index is 13.8. The minimum atomic E-state index is -4.02. The van der Waals surface area contributed by atoms with Crippen LogP contribution in [0.1, 0.15) is 28.4 Å². The summed E-state index contributed by atoms with van der Waals surface area (Å²) in [5.74, 6) is -0.995. The Kier molecular flexibility index (Phi) is 5.09. The molecule has 29 heavy (non-hydrogen) atoms. The molecule has 1 aliphatic rings. The van der Waals surface area contributed by atoms with Crippen molar-refractivity contribution in [3.8, 4) is 10.7 Å². The first-order valence-electron chi connectivity index (χ1n) is 8.86. The maximum absolute atomic E-state index is 13.8. The number of halogens is 1. The van der Waals surface area contributed by atoms with E-state index in [1.165, 1.54) is 30.3 Å². The molecule has 152 valence electrons. The minimum Gasteiger partial charge on any atom is -0.334 e. The molecule has 0 saturated carbocycles. The van der Waals surface area contributed by atoms with Crippen LogP contribution in [0.2, 0.25) is 0 Å². The number of aromatic nitrogens is 2. The number of aryl methyl sites for hydroxylation is 1. The third kappa shape index (κ3) is 3.87. The van der Waals surface area contributed by atoms with Gasteiger partial charge in [0.1, 0.15) is 10.7 Å². The van der Waals surface area contributed by atoms with Gasteiger partial charge < -0.3 is 9.42 Å². The number of carbonyl (C=O) groups excluding carboxylic acids is 1. The first kappa shape index (κ1) is 19.5. The number of benzene rings is 1. The fraction of sp³-hybridized carbons (Fsp3) is 0.278. The molecule has 1 N–H and O–H groups in total. The molecule has 0 atom stereocenters. The van der Waals surface area contributed by atoms with Crippen molar-refractivity contribution in [3.63, 3.8) is 0 Å². The van der Waals surface area contributed by atoms with Crippen molar-refractivity contribution in [1.29, 1.82) is 0 Å². The van der Waals surface area contributed by atoms with Crippen molar-refractivity contribution in [2.45, 2.75) is 24.7 Å². The van der Waals surface area contributed by atoms with Crippen LogP contribution in [0.25, 0.3) is 10.7 Å². The SMILES string of the molecule is Cc1sc(-c2noc(C(=O)N3CCCC3)n2)cc1S(=O)(=O)Nc1ccccc1F. The molecule has 8 nitrogen and oxygen atoms in total. The molecule has 0 spiro atoms. The molecule has 3 heterocycles. The Labute approximate surface area is 170 Å². The van der Waals surface area contributed by atoms with E-state index in [0.717, 1.165) is 24.2 Å². The molecule has 1 aromatic carbocycles. The molecule has 4 rings (SSSR count). The molecule has 0 unspecified atom stereocenters. The van der Waals surface area contributed by atoms with Crippen molar-refractivity contribution < 1.29 is 22.1 Å². The molecular formula is C18H17FN4O4S2. The number of thiophene rings is 1. The highest BCUT2D eigenvalue weighted by atomic mass is 32.2. The van der Waals surface area contributed by atoms with E-state index >= 15 is 0 Å². The fourth-order valence-electron chi connectivity index (χ4n) is 3.05. The van der Waals surface area contributed by atoms with Crippen LogP contribution in [-0.4, -0.2) is 42.5 Å². The van der Waals surface area contributed by atoms with E-state index in [4.69, 9.17) is 4.52 Å². The summed E-state index contributed by atoms with van der Waals surface area (Å²) in [6.07, 6.45) is 1.88. The van der Waals surface area contributed by atoms with Crippen LogP contribution in [0.4, 0.5) is 10.1 Å². The van der Waals surface area contributed by atoms with Crippen molar-refractivity contribution in [3.05, 3.63) is 46.9 Å². The smallest absolute Gasteiger partial charge is 0.316 e. The number of anilines is 1. The Balaban J connectivity index is 1.60. The van der Waals surface area contributed by atoms with Gasteiger partial charge in [0, 0.05) is 18.0 Å². The molecule has 3 aromatic rings. The van der Waals surface area contributed by atoms with Crippen molar-refractivity contribution in [2.75, 3.05) is 17.8 Å². The van der Waals surface area contributed by atoms with E-state index in [2.05, 4.69) is 14.9 Å². The van der Waals surface area contributed by atoms with E-state index < -0.39 is 15.8 Å². The maximum Gasteiger partial charge on any atom is 0.316 e. The van der Waals surface area contributed by atoms with E-state index in [1.54, 1.807) is 11.8 Å². The second-order valence-corrected chi connectivity index (χ2v) is 9.45. The quantitative estimate of drug-likeness (QED) is 0.658. The first-order valence-corrected chi connectivity index (χ1v) is 11.2. The Morgan fingerprint density at radius 3 is 2.72 bits per heavy atom. The average molecular weight is 436 g/mol. The van der Waals surface area contributed by atoms with Gasteiger partial charge in [0.05, 0.1) is 10.6 Å². The number of hydrogen-bond donors (Lipinski definition) is 1. The number of amides is 1. The van der Waals surface area contributed by atoms with Gasteiger partial charge in [0.15, 0.2) is 0 Å². The summed E-state index contributed by atoms with van der Waals surface area (Å²) in [5.41, 5.74) is -0.141. The molecule has 2 aromatic heterocycles. The normalized spacial score (nSPS) is 14.3. The predicted molar refractivity (Wildman–Crippen MR) is 105 cm³/mol. The van der Waals surface area contributed by atoms with Gasteiger partial charge in [-0.15, -0.1) is 11.3 Å². The van der Waals surface area contributed by atoms with Gasteiger partial charge in [-0.25, -0.2) is 12.8 Å². The molecule has 0 radical (unpaired) electrons. The van der Waals surface area contributed by atoms with Crippen molar-refractivity contribution >= 4 is 33.0 Å². The number of sulfonamides is 1. The lowest BCUT2D eigenvalue weighted by atomic mass is 10.3. The zero-order valence-corrected chi connectivity index (χ0v) is 17.0. The summed E-state index contributed by atoms with van der Waals surface area (Å²) in [6.45, 7) is 2.93. The number of nitrogens with zero attached hydrogens (tertiary/aromatic N) is 3. The molecule has 0 bridgehead atoms. The van der Waals surface area contributed by atoms with E-state index in [1.807, 2.05) is 0 Å². The third-order valence-corrected chi connectivity index (χ3v) is 7.17. The topological polar surface area (TPSA) is 105 Å². The van der Waals surface area contributed by atoms with Crippen LogP contribution < -0.4 is 4.72 Å². The largest absolute Gasteiger partial charge is 0.334 e. The number of likely N-dealkylation sites (tertiary alicyclic amines) is 1. The van der Waals surface area contributed by atoms with E-state index in [-0.39, 0.29) is 28.2 Å². The number of para-hydroxylation sites is 1. The molecule has 11 heteroatoms. The van der Waals surface area contributed by atoms with Gasteiger partial charge in [-0.1, -0.05) is 17.3 Å². The van der Waals surface area contributed by atoms with Gasteiger partial charge in [0.25, 0.3) is 10.0 Å². The Morgan fingerprint density at radius 1 is 1.28 bits per heavy atom. The Hall–Kier alpha value is -2.79. The predicted octanol–water partition coefficient (Wildman–Crippen LogP) is 3.28. The van der Waals surface area contributed by atoms with Gasteiger partial charge in [-0.2, -0.15) is 4.98 Å². The molecule has 1 saturated heterocycles. The lowest BCUT2D eigenvalue weighted by molar-refractivity contribution is 0.0743.